The number of carbonyl (C=O) groups is 2. The van der Waals surface area contributed by atoms with E-state index in [1.54, 1.807) is 18.8 Å². The van der Waals surface area contributed by atoms with Gasteiger partial charge in [-0.1, -0.05) is 41.9 Å². The predicted molar refractivity (Wildman–Crippen MR) is 111 cm³/mol. The molecule has 2 aromatic carbocycles. The number of nitrogens with one attached hydrogen (secondary N) is 1. The number of nitrogens with zero attached hydrogens (tertiary/aromatic N) is 1. The van der Waals surface area contributed by atoms with Crippen LogP contribution >= 0.6 is 34.7 Å². The molecule has 0 aliphatic rings. The Morgan fingerprint density at radius 3 is 2.58 bits per heavy atom. The number of halogens is 1. The molecular weight excluding hydrogens is 388 g/mol. The molecule has 0 radical (unpaired) electrons. The number of amides is 2. The van der Waals surface area contributed by atoms with E-state index in [4.69, 9.17) is 11.6 Å². The third kappa shape index (κ3) is 3.87. The van der Waals surface area contributed by atoms with E-state index in [0.717, 1.165) is 20.7 Å². The molecule has 1 heterocycles. The number of fused-ring (bicyclic) bond motifs is 1. The molecule has 0 bridgehead atoms. The van der Waals surface area contributed by atoms with Crippen LogP contribution in [0.5, 0.6) is 0 Å². The highest BCUT2D eigenvalue weighted by Gasteiger charge is 2.22. The first-order chi connectivity index (χ1) is 12.5. The second-order valence-electron chi connectivity index (χ2n) is 5.65. The molecule has 0 unspecified atom stereocenters. The molecule has 3 rings (SSSR count). The Morgan fingerprint density at radius 2 is 1.85 bits per heavy atom. The normalized spacial score (nSPS) is 10.7. The van der Waals surface area contributed by atoms with Crippen LogP contribution < -0.4 is 5.32 Å². The summed E-state index contributed by atoms with van der Waals surface area (Å²) in [4.78, 5) is 27.9. The second kappa shape index (κ2) is 8.12. The number of thiophene rings is 1. The van der Waals surface area contributed by atoms with Gasteiger partial charge in [0.1, 0.15) is 4.88 Å². The van der Waals surface area contributed by atoms with Gasteiger partial charge in [0.15, 0.2) is 0 Å². The number of anilines is 1. The smallest absolute Gasteiger partial charge is 0.265 e. The van der Waals surface area contributed by atoms with Crippen molar-refractivity contribution in [1.29, 1.82) is 0 Å². The summed E-state index contributed by atoms with van der Waals surface area (Å²) in [6.07, 6.45) is 1.95. The molecule has 26 heavy (non-hydrogen) atoms. The summed E-state index contributed by atoms with van der Waals surface area (Å²) in [6.45, 7) is -0.0495. The van der Waals surface area contributed by atoms with Crippen molar-refractivity contribution in [2.24, 2.45) is 0 Å². The molecule has 4 nitrogen and oxygen atoms in total. The molecule has 0 spiro atoms. The van der Waals surface area contributed by atoms with Crippen molar-refractivity contribution in [3.8, 4) is 0 Å². The quantitative estimate of drug-likeness (QED) is 0.609. The standard InChI is InChI=1S/C19H17ClN2O2S2/c1-22(11-16(23)21-13-8-4-6-10-15(13)25-2)19(24)18-17(20)12-7-3-5-9-14(12)26-18/h3-10H,11H2,1-2H3,(H,21,23). The van der Waals surface area contributed by atoms with Gasteiger partial charge in [-0.2, -0.15) is 0 Å². The Morgan fingerprint density at radius 1 is 1.15 bits per heavy atom. The molecule has 0 fully saturated rings. The molecule has 0 saturated carbocycles. The Kier molecular flexibility index (Phi) is 5.86. The Hall–Kier alpha value is -2.02. The fourth-order valence-electron chi connectivity index (χ4n) is 2.55. The minimum atomic E-state index is -0.260. The highest BCUT2D eigenvalue weighted by atomic mass is 35.5. The SMILES string of the molecule is CSc1ccccc1NC(=O)CN(C)C(=O)c1sc2ccccc2c1Cl. The molecule has 0 saturated heterocycles. The summed E-state index contributed by atoms with van der Waals surface area (Å²) < 4.78 is 0.951. The second-order valence-corrected chi connectivity index (χ2v) is 7.93. The number of hydrogen-bond donors (Lipinski definition) is 1. The number of carbonyl (C=O) groups excluding carboxylic acids is 2. The number of likely N-dealkylation sites (N-methyl/N-ethyl adjacent to an activating group) is 1. The Bertz CT molecular complexity index is 971. The van der Waals surface area contributed by atoms with Crippen LogP contribution in [-0.4, -0.2) is 36.6 Å². The van der Waals surface area contributed by atoms with Gasteiger partial charge < -0.3 is 10.2 Å². The number of benzene rings is 2. The van der Waals surface area contributed by atoms with Gasteiger partial charge in [0.05, 0.1) is 17.3 Å². The van der Waals surface area contributed by atoms with Crippen molar-refractivity contribution in [3.05, 3.63) is 58.4 Å². The first-order valence-corrected chi connectivity index (χ1v) is 10.3. The monoisotopic (exact) mass is 404 g/mol. The average molecular weight is 405 g/mol. The van der Waals surface area contributed by atoms with E-state index in [0.29, 0.717) is 9.90 Å². The van der Waals surface area contributed by atoms with Gasteiger partial charge in [-0.25, -0.2) is 0 Å². The van der Waals surface area contributed by atoms with Crippen molar-refractivity contribution in [2.45, 2.75) is 4.90 Å². The summed E-state index contributed by atoms with van der Waals surface area (Å²) in [5, 5.41) is 4.15. The lowest BCUT2D eigenvalue weighted by Crippen LogP contribution is -2.34. The Balaban J connectivity index is 1.72. The molecule has 0 aliphatic carbocycles. The minimum absolute atomic E-state index is 0.0495. The molecule has 1 N–H and O–H groups in total. The van der Waals surface area contributed by atoms with E-state index in [1.807, 2.05) is 54.8 Å². The fraction of sp³-hybridized carbons (Fsp3) is 0.158. The van der Waals surface area contributed by atoms with E-state index in [2.05, 4.69) is 5.32 Å². The van der Waals surface area contributed by atoms with E-state index in [1.165, 1.54) is 16.2 Å². The van der Waals surface area contributed by atoms with Gasteiger partial charge in [0.25, 0.3) is 5.91 Å². The lowest BCUT2D eigenvalue weighted by atomic mass is 10.2. The van der Waals surface area contributed by atoms with Crippen LogP contribution in [0.4, 0.5) is 5.69 Å². The summed E-state index contributed by atoms with van der Waals surface area (Å²) in [6, 6.07) is 15.2. The maximum absolute atomic E-state index is 12.7. The maximum Gasteiger partial charge on any atom is 0.265 e. The van der Waals surface area contributed by atoms with Gasteiger partial charge in [-0.3, -0.25) is 9.59 Å². The van der Waals surface area contributed by atoms with Crippen LogP contribution in [0.3, 0.4) is 0 Å². The van der Waals surface area contributed by atoms with E-state index in [9.17, 15) is 9.59 Å². The van der Waals surface area contributed by atoms with Crippen LogP contribution in [0.2, 0.25) is 5.02 Å². The molecule has 3 aromatic rings. The lowest BCUT2D eigenvalue weighted by Gasteiger charge is -2.17. The van der Waals surface area contributed by atoms with E-state index in [-0.39, 0.29) is 18.4 Å². The first-order valence-electron chi connectivity index (χ1n) is 7.86. The molecule has 2 amide bonds. The largest absolute Gasteiger partial charge is 0.332 e. The van der Waals surface area contributed by atoms with Crippen LogP contribution in [0.15, 0.2) is 53.4 Å². The Labute approximate surface area is 165 Å². The van der Waals surface area contributed by atoms with E-state index < -0.39 is 0 Å². The number of rotatable bonds is 5. The third-order valence-corrected chi connectivity index (χ3v) is 6.30. The van der Waals surface area contributed by atoms with Crippen molar-refractivity contribution >= 4 is 62.3 Å². The van der Waals surface area contributed by atoms with Crippen molar-refractivity contribution in [1.82, 2.24) is 4.90 Å². The molecule has 0 aliphatic heterocycles. The molecule has 7 heteroatoms. The first kappa shape index (κ1) is 18.8. The van der Waals surface area contributed by atoms with Crippen LogP contribution in [-0.2, 0) is 4.79 Å². The lowest BCUT2D eigenvalue weighted by molar-refractivity contribution is -0.116. The van der Waals surface area contributed by atoms with Gasteiger partial charge in [-0.15, -0.1) is 23.1 Å². The zero-order valence-electron chi connectivity index (χ0n) is 14.3. The van der Waals surface area contributed by atoms with Crippen molar-refractivity contribution < 1.29 is 9.59 Å². The minimum Gasteiger partial charge on any atom is -0.332 e. The van der Waals surface area contributed by atoms with Gasteiger partial charge >= 0.3 is 0 Å². The van der Waals surface area contributed by atoms with E-state index >= 15 is 0 Å². The highest BCUT2D eigenvalue weighted by molar-refractivity contribution is 7.98. The summed E-state index contributed by atoms with van der Waals surface area (Å²) in [5.74, 6) is -0.510. The van der Waals surface area contributed by atoms with Crippen LogP contribution in [0.1, 0.15) is 9.67 Å². The summed E-state index contributed by atoms with van der Waals surface area (Å²) >= 11 is 9.25. The van der Waals surface area contributed by atoms with Gasteiger partial charge in [0, 0.05) is 22.0 Å². The van der Waals surface area contributed by atoms with Gasteiger partial charge in [-0.05, 0) is 24.5 Å². The summed E-state index contributed by atoms with van der Waals surface area (Å²) in [5.41, 5.74) is 0.741. The topological polar surface area (TPSA) is 49.4 Å². The molecule has 0 atom stereocenters. The van der Waals surface area contributed by atoms with Crippen LogP contribution in [0, 0.1) is 0 Å². The third-order valence-electron chi connectivity index (χ3n) is 3.84. The predicted octanol–water partition coefficient (Wildman–Crippen LogP) is 4.99. The average Bonchev–Trinajstić information content (AvgIpc) is 2.98. The van der Waals surface area contributed by atoms with Gasteiger partial charge in [0.2, 0.25) is 5.91 Å². The number of hydrogen-bond acceptors (Lipinski definition) is 4. The van der Waals surface area contributed by atoms with Crippen LogP contribution in [0.25, 0.3) is 10.1 Å². The number of thioether (sulfide) groups is 1. The summed E-state index contributed by atoms with van der Waals surface area (Å²) in [7, 11) is 1.60. The maximum atomic E-state index is 12.7. The fourth-order valence-corrected chi connectivity index (χ4v) is 4.61. The highest BCUT2D eigenvalue weighted by Crippen LogP contribution is 2.35. The number of para-hydroxylation sites is 1. The van der Waals surface area contributed by atoms with Crippen molar-refractivity contribution in [3.63, 3.8) is 0 Å². The zero-order chi connectivity index (χ0) is 18.7. The zero-order valence-corrected chi connectivity index (χ0v) is 16.7. The van der Waals surface area contributed by atoms with Crippen molar-refractivity contribution in [2.75, 3.05) is 25.2 Å². The molecule has 134 valence electrons. The molecule has 1 aromatic heterocycles. The molecular formula is C19H17ClN2O2S2.